The molecule has 1 aromatic carbocycles. The molecule has 0 spiro atoms. The molecular weight excluding hydrogens is 263 g/mol. The molecule has 98 valence electrons. The summed E-state index contributed by atoms with van der Waals surface area (Å²) in [4.78, 5) is 6.42. The number of pyridine rings is 1. The summed E-state index contributed by atoms with van der Waals surface area (Å²) in [6.07, 6.45) is 0.822. The summed E-state index contributed by atoms with van der Waals surface area (Å²) in [5.41, 5.74) is 3.15. The molecular formula is C15H14ClFN2. The van der Waals surface area contributed by atoms with Crippen molar-refractivity contribution in [2.24, 2.45) is 0 Å². The third-order valence-electron chi connectivity index (χ3n) is 3.41. The molecule has 0 atom stereocenters. The highest BCUT2D eigenvalue weighted by Gasteiger charge is 2.19. The zero-order chi connectivity index (χ0) is 13.2. The minimum absolute atomic E-state index is 0.0183. The lowest BCUT2D eigenvalue weighted by Crippen LogP contribution is -2.30. The maximum absolute atomic E-state index is 13.4. The number of hydrogen-bond acceptors (Lipinski definition) is 2. The Labute approximate surface area is 116 Å². The first-order valence-corrected chi connectivity index (χ1v) is 6.70. The van der Waals surface area contributed by atoms with Crippen LogP contribution >= 0.6 is 11.6 Å². The summed E-state index contributed by atoms with van der Waals surface area (Å²) in [5.74, 6) is -0.429. The van der Waals surface area contributed by atoms with Crippen molar-refractivity contribution in [1.29, 1.82) is 0 Å². The molecule has 2 aromatic rings. The summed E-state index contributed by atoms with van der Waals surface area (Å²) < 4.78 is 13.4. The molecule has 1 aliphatic rings. The molecule has 0 bridgehead atoms. The van der Waals surface area contributed by atoms with Gasteiger partial charge in [-0.2, -0.15) is 0 Å². The van der Waals surface area contributed by atoms with Gasteiger partial charge in [0.2, 0.25) is 0 Å². The first-order chi connectivity index (χ1) is 9.22. The fraction of sp³-hybridized carbons (Fsp3) is 0.267. The minimum atomic E-state index is -0.429. The highest BCUT2D eigenvalue weighted by molar-refractivity contribution is 6.29. The molecule has 0 aliphatic carbocycles. The van der Waals surface area contributed by atoms with Gasteiger partial charge in [-0.15, -0.1) is 0 Å². The molecule has 19 heavy (non-hydrogen) atoms. The van der Waals surface area contributed by atoms with Crippen LogP contribution in [0.1, 0.15) is 16.8 Å². The van der Waals surface area contributed by atoms with Crippen LogP contribution in [0.3, 0.4) is 0 Å². The van der Waals surface area contributed by atoms with Crippen LogP contribution in [-0.2, 0) is 19.5 Å². The Morgan fingerprint density at radius 3 is 2.84 bits per heavy atom. The molecule has 1 aromatic heterocycles. The molecule has 4 heteroatoms. The summed E-state index contributed by atoms with van der Waals surface area (Å²) >= 11 is 5.71. The molecule has 0 saturated heterocycles. The molecule has 0 fully saturated rings. The van der Waals surface area contributed by atoms with Crippen molar-refractivity contribution in [3.63, 3.8) is 0 Å². The Balaban J connectivity index is 1.77. The lowest BCUT2D eigenvalue weighted by atomic mass is 10.0. The van der Waals surface area contributed by atoms with Crippen LogP contribution < -0.4 is 0 Å². The van der Waals surface area contributed by atoms with Crippen LogP contribution in [0.2, 0.25) is 5.15 Å². The number of nitrogens with zero attached hydrogens (tertiary/aromatic N) is 2. The number of halogens is 2. The molecule has 3 rings (SSSR count). The monoisotopic (exact) mass is 276 g/mol. The smallest absolute Gasteiger partial charge is 0.165 e. The number of hydrogen-bond donors (Lipinski definition) is 0. The van der Waals surface area contributed by atoms with Crippen LogP contribution in [0.5, 0.6) is 0 Å². The van der Waals surface area contributed by atoms with Gasteiger partial charge in [-0.25, -0.2) is 9.37 Å². The van der Waals surface area contributed by atoms with E-state index < -0.39 is 5.82 Å². The van der Waals surface area contributed by atoms with E-state index in [0.717, 1.165) is 37.3 Å². The third kappa shape index (κ3) is 2.77. The fourth-order valence-corrected chi connectivity index (χ4v) is 2.61. The largest absolute Gasteiger partial charge is 0.294 e. The van der Waals surface area contributed by atoms with Crippen LogP contribution in [0.15, 0.2) is 36.4 Å². The van der Waals surface area contributed by atoms with E-state index in [1.807, 2.05) is 18.2 Å². The average Bonchev–Trinajstić information content (AvgIpc) is 2.42. The van der Waals surface area contributed by atoms with Crippen LogP contribution in [0, 0.1) is 5.82 Å². The number of fused-ring (bicyclic) bond motifs is 1. The second-order valence-corrected chi connectivity index (χ2v) is 5.17. The van der Waals surface area contributed by atoms with Crippen molar-refractivity contribution in [2.75, 3.05) is 6.54 Å². The first kappa shape index (κ1) is 12.6. The zero-order valence-corrected chi connectivity index (χ0v) is 11.2. The highest BCUT2D eigenvalue weighted by atomic mass is 35.5. The number of benzene rings is 1. The van der Waals surface area contributed by atoms with Crippen molar-refractivity contribution in [1.82, 2.24) is 9.88 Å². The average molecular weight is 277 g/mol. The summed E-state index contributed by atoms with van der Waals surface area (Å²) in [6.45, 7) is 2.53. The molecule has 2 nitrogen and oxygen atoms in total. The van der Waals surface area contributed by atoms with Crippen molar-refractivity contribution < 1.29 is 4.39 Å². The Bertz CT molecular complexity index is 586. The Kier molecular flexibility index (Phi) is 3.49. The van der Waals surface area contributed by atoms with Gasteiger partial charge < -0.3 is 0 Å². The number of aromatic nitrogens is 1. The van der Waals surface area contributed by atoms with Crippen molar-refractivity contribution >= 4 is 11.6 Å². The van der Waals surface area contributed by atoms with E-state index in [-0.39, 0.29) is 5.15 Å². The predicted molar refractivity (Wildman–Crippen MR) is 73.5 cm³/mol. The standard InChI is InChI=1S/C15H14ClFN2/c16-15-13(17)8-12-10-19(7-6-14(12)18-15)9-11-4-2-1-3-5-11/h1-5,8H,6-7,9-10H2. The van der Waals surface area contributed by atoms with Gasteiger partial charge in [-0.3, -0.25) is 4.90 Å². The Hall–Kier alpha value is -1.45. The van der Waals surface area contributed by atoms with Crippen LogP contribution in [-0.4, -0.2) is 16.4 Å². The van der Waals surface area contributed by atoms with Gasteiger partial charge in [0.15, 0.2) is 11.0 Å². The van der Waals surface area contributed by atoms with E-state index in [1.54, 1.807) is 0 Å². The third-order valence-corrected chi connectivity index (χ3v) is 3.67. The maximum atomic E-state index is 13.4. The SMILES string of the molecule is Fc1cc2c(nc1Cl)CCN(Cc1ccccc1)C2. The van der Waals surface area contributed by atoms with Gasteiger partial charge in [-0.05, 0) is 17.2 Å². The van der Waals surface area contributed by atoms with Gasteiger partial charge in [0.25, 0.3) is 0 Å². The molecule has 2 heterocycles. The molecule has 1 aliphatic heterocycles. The molecule has 0 unspecified atom stereocenters. The molecule has 0 saturated carbocycles. The van der Waals surface area contributed by atoms with Gasteiger partial charge >= 0.3 is 0 Å². The highest BCUT2D eigenvalue weighted by Crippen LogP contribution is 2.23. The summed E-state index contributed by atoms with van der Waals surface area (Å²) in [5, 5.41) is -0.0183. The first-order valence-electron chi connectivity index (χ1n) is 6.32. The molecule has 0 N–H and O–H groups in total. The zero-order valence-electron chi connectivity index (χ0n) is 10.4. The fourth-order valence-electron chi connectivity index (χ4n) is 2.45. The minimum Gasteiger partial charge on any atom is -0.294 e. The van der Waals surface area contributed by atoms with E-state index >= 15 is 0 Å². The summed E-state index contributed by atoms with van der Waals surface area (Å²) in [7, 11) is 0. The van der Waals surface area contributed by atoms with Gasteiger partial charge in [-0.1, -0.05) is 41.9 Å². The lowest BCUT2D eigenvalue weighted by molar-refractivity contribution is 0.243. The molecule has 0 radical (unpaired) electrons. The van der Waals surface area contributed by atoms with Crippen molar-refractivity contribution in [3.05, 3.63) is 64.2 Å². The normalized spacial score (nSPS) is 15.3. The van der Waals surface area contributed by atoms with E-state index in [2.05, 4.69) is 22.0 Å². The lowest BCUT2D eigenvalue weighted by Gasteiger charge is -2.28. The predicted octanol–water partition coefficient (Wildman–Crippen LogP) is 3.43. The van der Waals surface area contributed by atoms with E-state index in [4.69, 9.17) is 11.6 Å². The van der Waals surface area contributed by atoms with E-state index in [9.17, 15) is 4.39 Å². The Morgan fingerprint density at radius 2 is 2.05 bits per heavy atom. The quantitative estimate of drug-likeness (QED) is 0.781. The maximum Gasteiger partial charge on any atom is 0.165 e. The van der Waals surface area contributed by atoms with Gasteiger partial charge in [0.1, 0.15) is 0 Å². The van der Waals surface area contributed by atoms with Gasteiger partial charge in [0.05, 0.1) is 0 Å². The second-order valence-electron chi connectivity index (χ2n) is 4.81. The van der Waals surface area contributed by atoms with Crippen molar-refractivity contribution in [3.8, 4) is 0 Å². The van der Waals surface area contributed by atoms with E-state index in [1.165, 1.54) is 11.6 Å². The summed E-state index contributed by atoms with van der Waals surface area (Å²) in [6, 6.07) is 11.8. The number of rotatable bonds is 2. The van der Waals surface area contributed by atoms with Crippen LogP contribution in [0.25, 0.3) is 0 Å². The van der Waals surface area contributed by atoms with Crippen molar-refractivity contribution in [2.45, 2.75) is 19.5 Å². The van der Waals surface area contributed by atoms with E-state index in [0.29, 0.717) is 0 Å². The molecule has 0 amide bonds. The van der Waals surface area contributed by atoms with Gasteiger partial charge in [0, 0.05) is 31.7 Å². The van der Waals surface area contributed by atoms with Crippen LogP contribution in [0.4, 0.5) is 4.39 Å². The second kappa shape index (κ2) is 5.27. The Morgan fingerprint density at radius 1 is 1.26 bits per heavy atom. The topological polar surface area (TPSA) is 16.1 Å².